The molecule has 0 spiro atoms. The lowest BCUT2D eigenvalue weighted by molar-refractivity contribution is 0.0590. The molecule has 0 bridgehead atoms. The normalized spacial score (nSPS) is 10.3. The molecule has 0 unspecified atom stereocenters. The van der Waals surface area contributed by atoms with E-state index < -0.39 is 5.97 Å². The van der Waals surface area contributed by atoms with Crippen molar-refractivity contribution in [2.45, 2.75) is 6.61 Å². The van der Waals surface area contributed by atoms with Crippen molar-refractivity contribution in [3.8, 4) is 5.75 Å². The quantitative estimate of drug-likeness (QED) is 0.449. The minimum Gasteiger partial charge on any atom is -0.504 e. The molecule has 0 aliphatic heterocycles. The largest absolute Gasteiger partial charge is 0.504 e. The molecule has 0 fully saturated rings. The number of H-pyrrole nitrogens is 1. The van der Waals surface area contributed by atoms with Crippen LogP contribution >= 0.6 is 0 Å². The zero-order valence-electron chi connectivity index (χ0n) is 8.19. The first-order chi connectivity index (χ1) is 7.20. The van der Waals surface area contributed by atoms with Crippen LogP contribution in [-0.2, 0) is 16.1 Å². The molecule has 0 aliphatic carbocycles. The predicted molar refractivity (Wildman–Crippen MR) is 48.3 cm³/mol. The Hall–Kier alpha value is -1.60. The van der Waals surface area contributed by atoms with Crippen LogP contribution in [0.5, 0.6) is 5.75 Å². The van der Waals surface area contributed by atoms with Crippen molar-refractivity contribution in [2.24, 2.45) is 0 Å². The molecule has 0 saturated heterocycles. The topological polar surface area (TPSA) is 105 Å². The number of methoxy groups -OCH3 is 1. The summed E-state index contributed by atoms with van der Waals surface area (Å²) in [4.78, 5) is 11.0. The molecule has 1 heterocycles. The summed E-state index contributed by atoms with van der Waals surface area (Å²) in [6, 6.07) is 0. The third kappa shape index (κ3) is 2.67. The molecule has 15 heavy (non-hydrogen) atoms. The molecule has 7 heteroatoms. The van der Waals surface area contributed by atoms with Crippen molar-refractivity contribution in [2.75, 3.05) is 20.3 Å². The average Bonchev–Trinajstić information content (AvgIpc) is 2.60. The molecule has 0 atom stereocenters. The lowest BCUT2D eigenvalue weighted by Gasteiger charge is -1.99. The number of aromatic nitrogens is 2. The molecule has 84 valence electrons. The first kappa shape index (κ1) is 11.5. The van der Waals surface area contributed by atoms with Gasteiger partial charge in [-0.25, -0.2) is 4.79 Å². The van der Waals surface area contributed by atoms with Gasteiger partial charge in [-0.1, -0.05) is 0 Å². The summed E-state index contributed by atoms with van der Waals surface area (Å²) >= 11 is 0. The van der Waals surface area contributed by atoms with Crippen molar-refractivity contribution in [3.63, 3.8) is 0 Å². The van der Waals surface area contributed by atoms with Crippen LogP contribution in [-0.4, -0.2) is 46.7 Å². The number of nitrogens with one attached hydrogen (secondary N) is 1. The van der Waals surface area contributed by atoms with Crippen LogP contribution < -0.4 is 0 Å². The van der Waals surface area contributed by atoms with Crippen molar-refractivity contribution in [1.82, 2.24) is 10.2 Å². The predicted octanol–water partition coefficient (Wildman–Crippen LogP) is -0.589. The van der Waals surface area contributed by atoms with Crippen molar-refractivity contribution < 1.29 is 24.5 Å². The highest BCUT2D eigenvalue weighted by Crippen LogP contribution is 2.20. The number of hydrogen-bond donors (Lipinski definition) is 3. The number of aliphatic hydroxyl groups excluding tert-OH is 1. The lowest BCUT2D eigenvalue weighted by Crippen LogP contribution is -2.02. The second-order valence-electron chi connectivity index (χ2n) is 2.66. The van der Waals surface area contributed by atoms with Gasteiger partial charge in [0.2, 0.25) is 0 Å². The summed E-state index contributed by atoms with van der Waals surface area (Å²) in [5, 5.41) is 24.0. The maximum atomic E-state index is 11.0. The summed E-state index contributed by atoms with van der Waals surface area (Å²) in [5.41, 5.74) is 0.0870. The maximum absolute atomic E-state index is 11.0. The van der Waals surface area contributed by atoms with E-state index in [0.29, 0.717) is 0 Å². The summed E-state index contributed by atoms with van der Waals surface area (Å²) < 4.78 is 9.34. The second-order valence-corrected chi connectivity index (χ2v) is 2.66. The first-order valence-electron chi connectivity index (χ1n) is 4.23. The van der Waals surface area contributed by atoms with Crippen LogP contribution in [0.2, 0.25) is 0 Å². The van der Waals surface area contributed by atoms with Gasteiger partial charge in [0.05, 0.1) is 26.9 Å². The van der Waals surface area contributed by atoms with Gasteiger partial charge < -0.3 is 19.7 Å². The Bertz CT molecular complexity index is 336. The van der Waals surface area contributed by atoms with Gasteiger partial charge in [0.1, 0.15) is 5.69 Å². The molecule has 0 radical (unpaired) electrons. The average molecular weight is 216 g/mol. The van der Waals surface area contributed by atoms with E-state index in [1.54, 1.807) is 0 Å². The summed E-state index contributed by atoms with van der Waals surface area (Å²) in [6.07, 6.45) is 0. The van der Waals surface area contributed by atoms with Gasteiger partial charge in [0.15, 0.2) is 11.4 Å². The van der Waals surface area contributed by atoms with Crippen LogP contribution in [0.4, 0.5) is 0 Å². The molecule has 1 aromatic rings. The molecular formula is C8H12N2O5. The number of hydrogen-bond acceptors (Lipinski definition) is 6. The Balaban J connectivity index is 2.67. The SMILES string of the molecule is COC(=O)c1[nH]nc(COCCO)c1O. The Morgan fingerprint density at radius 3 is 2.93 bits per heavy atom. The van der Waals surface area contributed by atoms with Crippen LogP contribution in [0.25, 0.3) is 0 Å². The molecule has 0 aromatic carbocycles. The summed E-state index contributed by atoms with van der Waals surface area (Å²) in [5.74, 6) is -0.992. The number of carbonyl (C=O) groups is 1. The van der Waals surface area contributed by atoms with Crippen LogP contribution in [0, 0.1) is 0 Å². The maximum Gasteiger partial charge on any atom is 0.359 e. The van der Waals surface area contributed by atoms with Gasteiger partial charge in [-0.3, -0.25) is 5.10 Å². The van der Waals surface area contributed by atoms with Gasteiger partial charge >= 0.3 is 5.97 Å². The number of nitrogens with zero attached hydrogens (tertiary/aromatic N) is 1. The molecule has 3 N–H and O–H groups in total. The zero-order chi connectivity index (χ0) is 11.3. The summed E-state index contributed by atoms with van der Waals surface area (Å²) in [6.45, 7) is 0.0365. The molecule has 7 nitrogen and oxygen atoms in total. The van der Waals surface area contributed by atoms with E-state index in [-0.39, 0.29) is 37.0 Å². The number of aliphatic hydroxyl groups is 1. The molecule has 1 rings (SSSR count). The fourth-order valence-corrected chi connectivity index (χ4v) is 0.952. The molecule has 1 aromatic heterocycles. The number of ether oxygens (including phenoxy) is 2. The fraction of sp³-hybridized carbons (Fsp3) is 0.500. The first-order valence-corrected chi connectivity index (χ1v) is 4.23. The molecule has 0 aliphatic rings. The highest BCUT2D eigenvalue weighted by molar-refractivity contribution is 5.90. The fourth-order valence-electron chi connectivity index (χ4n) is 0.952. The number of aromatic hydroxyl groups is 1. The Labute approximate surface area is 85.6 Å². The van der Waals surface area contributed by atoms with E-state index in [9.17, 15) is 9.90 Å². The van der Waals surface area contributed by atoms with E-state index in [2.05, 4.69) is 14.9 Å². The van der Waals surface area contributed by atoms with Gasteiger partial charge in [0.25, 0.3) is 0 Å². The van der Waals surface area contributed by atoms with Gasteiger partial charge in [-0.15, -0.1) is 0 Å². The smallest absolute Gasteiger partial charge is 0.359 e. The highest BCUT2D eigenvalue weighted by Gasteiger charge is 2.18. The third-order valence-electron chi connectivity index (χ3n) is 1.68. The van der Waals surface area contributed by atoms with E-state index >= 15 is 0 Å². The van der Waals surface area contributed by atoms with Crippen LogP contribution in [0.1, 0.15) is 16.2 Å². The van der Waals surface area contributed by atoms with Crippen molar-refractivity contribution >= 4 is 5.97 Å². The van der Waals surface area contributed by atoms with Gasteiger partial charge in [0, 0.05) is 0 Å². The van der Waals surface area contributed by atoms with Gasteiger partial charge in [-0.05, 0) is 0 Å². The number of rotatable bonds is 5. The van der Waals surface area contributed by atoms with Crippen LogP contribution in [0.3, 0.4) is 0 Å². The van der Waals surface area contributed by atoms with E-state index in [4.69, 9.17) is 9.84 Å². The number of aromatic amines is 1. The van der Waals surface area contributed by atoms with E-state index in [1.807, 2.05) is 0 Å². The molecule has 0 saturated carbocycles. The highest BCUT2D eigenvalue weighted by atomic mass is 16.5. The zero-order valence-corrected chi connectivity index (χ0v) is 8.19. The molecule has 0 amide bonds. The minimum absolute atomic E-state index is 0.0138. The number of carbonyl (C=O) groups excluding carboxylic acids is 1. The Kier molecular flexibility index (Phi) is 4.07. The third-order valence-corrected chi connectivity index (χ3v) is 1.68. The minimum atomic E-state index is -0.701. The number of esters is 1. The summed E-state index contributed by atoms with van der Waals surface area (Å²) in [7, 11) is 1.20. The van der Waals surface area contributed by atoms with Crippen LogP contribution in [0.15, 0.2) is 0 Å². The van der Waals surface area contributed by atoms with Crippen molar-refractivity contribution in [1.29, 1.82) is 0 Å². The van der Waals surface area contributed by atoms with E-state index in [1.165, 1.54) is 7.11 Å². The monoisotopic (exact) mass is 216 g/mol. The Morgan fingerprint density at radius 1 is 1.60 bits per heavy atom. The lowest BCUT2D eigenvalue weighted by atomic mass is 10.3. The Morgan fingerprint density at radius 2 is 2.33 bits per heavy atom. The molecular weight excluding hydrogens is 204 g/mol. The standard InChI is InChI=1S/C8H12N2O5/c1-14-8(13)6-7(12)5(9-10-6)4-15-3-2-11/h11-12H,2-4H2,1H3,(H,9,10). The second kappa shape index (κ2) is 5.32. The van der Waals surface area contributed by atoms with Crippen molar-refractivity contribution in [3.05, 3.63) is 11.4 Å². The van der Waals surface area contributed by atoms with Gasteiger partial charge in [-0.2, -0.15) is 5.10 Å². The van der Waals surface area contributed by atoms with E-state index in [0.717, 1.165) is 0 Å².